The van der Waals surface area contributed by atoms with E-state index < -0.39 is 0 Å². The zero-order valence-corrected chi connectivity index (χ0v) is 15.2. The molecule has 6 heteroatoms. The van der Waals surface area contributed by atoms with Gasteiger partial charge in [0.05, 0.1) is 15.9 Å². The highest BCUT2D eigenvalue weighted by molar-refractivity contribution is 14.1. The molecule has 1 aromatic rings. The van der Waals surface area contributed by atoms with Crippen LogP contribution in [0.3, 0.4) is 0 Å². The summed E-state index contributed by atoms with van der Waals surface area (Å²) >= 11 is 2.27. The molecule has 1 fully saturated rings. The molecule has 118 valence electrons. The number of nitrogens with one attached hydrogen (secondary N) is 1. The Hall–Kier alpha value is -0.470. The van der Waals surface area contributed by atoms with Gasteiger partial charge in [-0.1, -0.05) is 25.7 Å². The van der Waals surface area contributed by atoms with Gasteiger partial charge in [0.2, 0.25) is 0 Å². The first kappa shape index (κ1) is 16.9. The van der Waals surface area contributed by atoms with Gasteiger partial charge in [-0.25, -0.2) is 9.97 Å². The predicted molar refractivity (Wildman–Crippen MR) is 91.4 cm³/mol. The number of methoxy groups -OCH3 is 2. The standard InChI is InChI=1S/C15H24IN3O2/c1-17-13-12(16)11(10-20-2)18-14(19-13)15(21-3)8-6-4-5-7-9-15/h4-10H2,1-3H3,(H,17,18,19). The van der Waals surface area contributed by atoms with Gasteiger partial charge >= 0.3 is 0 Å². The minimum atomic E-state index is -0.352. The zero-order chi connectivity index (χ0) is 15.3. The van der Waals surface area contributed by atoms with Crippen LogP contribution < -0.4 is 5.32 Å². The van der Waals surface area contributed by atoms with Gasteiger partial charge in [-0.2, -0.15) is 0 Å². The van der Waals surface area contributed by atoms with Crippen LogP contribution in [0.15, 0.2) is 0 Å². The van der Waals surface area contributed by atoms with Crippen LogP contribution >= 0.6 is 22.6 Å². The maximum Gasteiger partial charge on any atom is 0.163 e. The molecule has 0 radical (unpaired) electrons. The number of rotatable bonds is 5. The number of ether oxygens (including phenoxy) is 2. The van der Waals surface area contributed by atoms with Crippen molar-refractivity contribution in [2.45, 2.75) is 50.7 Å². The van der Waals surface area contributed by atoms with Gasteiger partial charge < -0.3 is 14.8 Å². The maximum absolute atomic E-state index is 5.92. The minimum Gasteiger partial charge on any atom is -0.378 e. The molecule has 0 bridgehead atoms. The Bertz CT molecular complexity index is 474. The summed E-state index contributed by atoms with van der Waals surface area (Å²) in [6.45, 7) is 0.488. The second kappa shape index (κ2) is 7.69. The molecule has 1 aliphatic carbocycles. The van der Waals surface area contributed by atoms with E-state index >= 15 is 0 Å². The topological polar surface area (TPSA) is 56.3 Å². The van der Waals surface area contributed by atoms with Crippen LogP contribution in [0.2, 0.25) is 0 Å². The van der Waals surface area contributed by atoms with Crippen LogP contribution in [0.5, 0.6) is 0 Å². The molecule has 0 aromatic carbocycles. The summed E-state index contributed by atoms with van der Waals surface area (Å²) in [6.07, 6.45) is 6.83. The lowest BCUT2D eigenvalue weighted by Crippen LogP contribution is -2.31. The first-order valence-corrected chi connectivity index (χ1v) is 8.53. The lowest BCUT2D eigenvalue weighted by atomic mass is 9.93. The van der Waals surface area contributed by atoms with Crippen molar-refractivity contribution < 1.29 is 9.47 Å². The van der Waals surface area contributed by atoms with Gasteiger partial charge in [0.15, 0.2) is 5.82 Å². The highest BCUT2D eigenvalue weighted by Gasteiger charge is 2.36. The fourth-order valence-electron chi connectivity index (χ4n) is 2.91. The summed E-state index contributed by atoms with van der Waals surface area (Å²) < 4.78 is 12.2. The lowest BCUT2D eigenvalue weighted by molar-refractivity contribution is -0.0354. The zero-order valence-electron chi connectivity index (χ0n) is 13.0. The highest BCUT2D eigenvalue weighted by Crippen LogP contribution is 2.38. The lowest BCUT2D eigenvalue weighted by Gasteiger charge is -2.30. The largest absolute Gasteiger partial charge is 0.378 e. The molecule has 21 heavy (non-hydrogen) atoms. The van der Waals surface area contributed by atoms with Crippen LogP contribution in [-0.4, -0.2) is 31.2 Å². The van der Waals surface area contributed by atoms with Crippen molar-refractivity contribution in [2.24, 2.45) is 0 Å². The number of hydrogen-bond acceptors (Lipinski definition) is 5. The summed E-state index contributed by atoms with van der Waals surface area (Å²) in [4.78, 5) is 9.50. The fraction of sp³-hybridized carbons (Fsp3) is 0.733. The van der Waals surface area contributed by atoms with Crippen molar-refractivity contribution in [3.63, 3.8) is 0 Å². The summed E-state index contributed by atoms with van der Waals surface area (Å²) in [5.41, 5.74) is 0.572. The number of nitrogens with zero attached hydrogens (tertiary/aromatic N) is 2. The first-order chi connectivity index (χ1) is 10.2. The molecule has 1 N–H and O–H groups in total. The molecule has 0 unspecified atom stereocenters. The van der Waals surface area contributed by atoms with Gasteiger partial charge in [-0.05, 0) is 35.4 Å². The normalized spacial score (nSPS) is 18.3. The van der Waals surface area contributed by atoms with E-state index in [0.717, 1.165) is 46.6 Å². The quantitative estimate of drug-likeness (QED) is 0.601. The summed E-state index contributed by atoms with van der Waals surface area (Å²) in [6, 6.07) is 0. The second-order valence-corrected chi connectivity index (χ2v) is 6.53. The number of aromatic nitrogens is 2. The van der Waals surface area contributed by atoms with Gasteiger partial charge in [0.1, 0.15) is 11.4 Å². The van der Waals surface area contributed by atoms with Crippen molar-refractivity contribution in [1.82, 2.24) is 9.97 Å². The monoisotopic (exact) mass is 405 g/mol. The predicted octanol–water partition coefficient (Wildman–Crippen LogP) is 3.47. The van der Waals surface area contributed by atoms with Gasteiger partial charge in [-0.3, -0.25) is 0 Å². The summed E-state index contributed by atoms with van der Waals surface area (Å²) in [7, 11) is 5.35. The molecule has 2 rings (SSSR count). The Labute approximate surface area is 140 Å². The molecule has 1 aromatic heterocycles. The molecular formula is C15H24IN3O2. The van der Waals surface area contributed by atoms with Crippen molar-refractivity contribution in [2.75, 3.05) is 26.6 Å². The van der Waals surface area contributed by atoms with Gasteiger partial charge in [0, 0.05) is 21.3 Å². The SMILES string of the molecule is CNc1nc(C2(OC)CCCCCC2)nc(COC)c1I. The molecule has 0 amide bonds. The average molecular weight is 405 g/mol. The van der Waals surface area contributed by atoms with E-state index in [1.807, 2.05) is 7.05 Å². The minimum absolute atomic E-state index is 0.352. The van der Waals surface area contributed by atoms with Crippen molar-refractivity contribution in [3.05, 3.63) is 15.1 Å². The smallest absolute Gasteiger partial charge is 0.163 e. The molecule has 0 aliphatic heterocycles. The Balaban J connectivity index is 2.46. The van der Waals surface area contributed by atoms with Crippen LogP contribution in [0.1, 0.15) is 50.0 Å². The van der Waals surface area contributed by atoms with E-state index in [1.165, 1.54) is 12.8 Å². The van der Waals surface area contributed by atoms with E-state index in [0.29, 0.717) is 6.61 Å². The van der Waals surface area contributed by atoms with E-state index in [1.54, 1.807) is 14.2 Å². The maximum atomic E-state index is 5.92. The van der Waals surface area contributed by atoms with Crippen molar-refractivity contribution in [3.8, 4) is 0 Å². The Morgan fingerprint density at radius 2 is 1.81 bits per heavy atom. The molecular weight excluding hydrogens is 381 g/mol. The van der Waals surface area contributed by atoms with Crippen molar-refractivity contribution in [1.29, 1.82) is 0 Å². The number of hydrogen-bond donors (Lipinski definition) is 1. The van der Waals surface area contributed by atoms with E-state index in [-0.39, 0.29) is 5.60 Å². The van der Waals surface area contributed by atoms with Crippen molar-refractivity contribution >= 4 is 28.4 Å². The fourth-order valence-corrected chi connectivity index (χ4v) is 3.58. The van der Waals surface area contributed by atoms with E-state index in [2.05, 4.69) is 27.9 Å². The Morgan fingerprint density at radius 1 is 1.14 bits per heavy atom. The third-order valence-electron chi connectivity index (χ3n) is 4.15. The highest BCUT2D eigenvalue weighted by atomic mass is 127. The third-order valence-corrected chi connectivity index (χ3v) is 5.28. The molecule has 1 saturated carbocycles. The second-order valence-electron chi connectivity index (χ2n) is 5.45. The molecule has 0 saturated heterocycles. The molecule has 5 nitrogen and oxygen atoms in total. The molecule has 1 aliphatic rings. The summed E-state index contributed by atoms with van der Waals surface area (Å²) in [5.74, 6) is 1.65. The Morgan fingerprint density at radius 3 is 2.33 bits per heavy atom. The Kier molecular flexibility index (Phi) is 6.19. The number of halogens is 1. The van der Waals surface area contributed by atoms with Gasteiger partial charge in [0.25, 0.3) is 0 Å². The molecule has 0 atom stereocenters. The molecule has 0 spiro atoms. The third kappa shape index (κ3) is 3.65. The summed E-state index contributed by atoms with van der Waals surface area (Å²) in [5, 5.41) is 3.16. The van der Waals surface area contributed by atoms with Crippen LogP contribution in [-0.2, 0) is 21.7 Å². The number of anilines is 1. The van der Waals surface area contributed by atoms with Crippen LogP contribution in [0, 0.1) is 3.57 Å². The van der Waals surface area contributed by atoms with E-state index in [4.69, 9.17) is 19.4 Å². The van der Waals surface area contributed by atoms with E-state index in [9.17, 15) is 0 Å². The van der Waals surface area contributed by atoms with Crippen LogP contribution in [0.4, 0.5) is 5.82 Å². The van der Waals surface area contributed by atoms with Crippen LogP contribution in [0.25, 0.3) is 0 Å². The van der Waals surface area contributed by atoms with Gasteiger partial charge in [-0.15, -0.1) is 0 Å². The molecule has 1 heterocycles. The average Bonchev–Trinajstić information content (AvgIpc) is 2.76. The first-order valence-electron chi connectivity index (χ1n) is 7.45.